The van der Waals surface area contributed by atoms with Crippen molar-refractivity contribution in [1.82, 2.24) is 25.2 Å². The molecule has 144 valence electrons. The van der Waals surface area contributed by atoms with Crippen molar-refractivity contribution in [2.75, 3.05) is 6.54 Å². The first-order valence-electron chi connectivity index (χ1n) is 10.5. The number of fused-ring (bicyclic) bond motifs is 1. The molecule has 0 bridgehead atoms. The highest BCUT2D eigenvalue weighted by atomic mass is 15.6. The number of hydrogen-bond donors (Lipinski definition) is 1. The number of nitrogens with zero attached hydrogens (tertiary/aromatic N) is 5. The van der Waals surface area contributed by atoms with Gasteiger partial charge in [-0.3, -0.25) is 4.98 Å². The molecule has 1 aliphatic heterocycles. The summed E-state index contributed by atoms with van der Waals surface area (Å²) in [5.41, 5.74) is 3.96. The maximum Gasteiger partial charge on any atom is 0.216 e. The molecule has 0 radical (unpaired) electrons. The van der Waals surface area contributed by atoms with E-state index in [0.717, 1.165) is 31.0 Å². The highest BCUT2D eigenvalue weighted by Gasteiger charge is 2.36. The van der Waals surface area contributed by atoms with Crippen molar-refractivity contribution in [2.24, 2.45) is 0 Å². The summed E-state index contributed by atoms with van der Waals surface area (Å²) in [7, 11) is 0. The van der Waals surface area contributed by atoms with E-state index in [1.165, 1.54) is 48.1 Å². The van der Waals surface area contributed by atoms with Crippen LogP contribution in [0.4, 0.5) is 0 Å². The molecule has 0 amide bonds. The topological polar surface area (TPSA) is 60.9 Å². The normalized spacial score (nSPS) is 21.2. The standard InChI is InChI=1S/C22H26N6/c1-2-10-19(11-3-1)28-22(24-25-26-28)21(20-12-6-7-14-23-20)27-15-13-17-8-4-5-9-18(17)16-27/h4-9,12,14,19,21H,1-3,10-11,13,15-16H2/p+1/t21-/m1/s1. The molecule has 2 atom stereocenters. The fraction of sp³-hybridized carbons (Fsp3) is 0.455. The Balaban J connectivity index is 1.53. The second-order valence-electron chi connectivity index (χ2n) is 8.06. The molecule has 1 aromatic carbocycles. The van der Waals surface area contributed by atoms with Crippen LogP contribution in [0.1, 0.15) is 66.8 Å². The van der Waals surface area contributed by atoms with Gasteiger partial charge in [0.15, 0.2) is 6.04 Å². The van der Waals surface area contributed by atoms with Crippen LogP contribution in [-0.2, 0) is 13.0 Å². The van der Waals surface area contributed by atoms with Crippen molar-refractivity contribution in [1.29, 1.82) is 0 Å². The van der Waals surface area contributed by atoms with Crippen LogP contribution in [0.15, 0.2) is 48.7 Å². The van der Waals surface area contributed by atoms with Gasteiger partial charge in [0.2, 0.25) is 5.82 Å². The molecule has 5 rings (SSSR count). The number of quaternary nitrogens is 1. The van der Waals surface area contributed by atoms with Crippen LogP contribution < -0.4 is 4.90 Å². The van der Waals surface area contributed by atoms with E-state index < -0.39 is 0 Å². The summed E-state index contributed by atoms with van der Waals surface area (Å²) in [5.74, 6) is 0.972. The number of aromatic nitrogens is 5. The third kappa shape index (κ3) is 3.33. The zero-order valence-electron chi connectivity index (χ0n) is 16.2. The van der Waals surface area contributed by atoms with Crippen LogP contribution in [0.5, 0.6) is 0 Å². The molecular weight excluding hydrogens is 348 g/mol. The number of tetrazole rings is 1. The highest BCUT2D eigenvalue weighted by molar-refractivity contribution is 5.28. The van der Waals surface area contributed by atoms with Gasteiger partial charge >= 0.3 is 0 Å². The molecule has 1 saturated carbocycles. The van der Waals surface area contributed by atoms with E-state index in [1.807, 2.05) is 12.3 Å². The molecule has 6 heteroatoms. The minimum Gasteiger partial charge on any atom is -0.317 e. The van der Waals surface area contributed by atoms with Gasteiger partial charge in [0, 0.05) is 18.2 Å². The number of hydrogen-bond acceptors (Lipinski definition) is 4. The van der Waals surface area contributed by atoms with Crippen LogP contribution in [0.25, 0.3) is 0 Å². The number of benzene rings is 1. The van der Waals surface area contributed by atoms with Gasteiger partial charge in [0.1, 0.15) is 12.2 Å². The number of nitrogens with one attached hydrogen (secondary N) is 1. The van der Waals surface area contributed by atoms with E-state index >= 15 is 0 Å². The maximum absolute atomic E-state index is 4.72. The summed E-state index contributed by atoms with van der Waals surface area (Å²) in [6.07, 6.45) is 9.17. The fourth-order valence-corrected chi connectivity index (χ4v) is 4.90. The lowest BCUT2D eigenvalue weighted by molar-refractivity contribution is -0.942. The molecule has 1 unspecified atom stereocenters. The average Bonchev–Trinajstić information content (AvgIpc) is 3.25. The largest absolute Gasteiger partial charge is 0.317 e. The quantitative estimate of drug-likeness (QED) is 0.760. The Morgan fingerprint density at radius 3 is 2.61 bits per heavy atom. The fourth-order valence-electron chi connectivity index (χ4n) is 4.90. The molecule has 1 aliphatic carbocycles. The van der Waals surface area contributed by atoms with E-state index in [9.17, 15) is 0 Å². The maximum atomic E-state index is 4.72. The summed E-state index contributed by atoms with van der Waals surface area (Å²) < 4.78 is 2.12. The number of pyridine rings is 1. The summed E-state index contributed by atoms with van der Waals surface area (Å²) >= 11 is 0. The van der Waals surface area contributed by atoms with Gasteiger partial charge in [0.05, 0.1) is 12.6 Å². The molecular formula is C22H27N6+. The molecule has 3 heterocycles. The van der Waals surface area contributed by atoms with E-state index in [0.29, 0.717) is 6.04 Å². The van der Waals surface area contributed by atoms with Gasteiger partial charge in [-0.2, -0.15) is 0 Å². The second kappa shape index (κ2) is 7.80. The minimum absolute atomic E-state index is 0.0616. The highest BCUT2D eigenvalue weighted by Crippen LogP contribution is 2.30. The Kier molecular flexibility index (Phi) is 4.87. The summed E-state index contributed by atoms with van der Waals surface area (Å²) in [6.45, 7) is 2.05. The van der Waals surface area contributed by atoms with Crippen molar-refractivity contribution >= 4 is 0 Å². The van der Waals surface area contributed by atoms with E-state index in [4.69, 9.17) is 4.98 Å². The van der Waals surface area contributed by atoms with Gasteiger partial charge in [-0.05, 0) is 41.0 Å². The SMILES string of the molecule is c1ccc([C@H](c2nnnn2C2CCCCC2)[NH+]2CCc3ccccc3C2)nc1. The van der Waals surface area contributed by atoms with Crippen LogP contribution in [-0.4, -0.2) is 31.7 Å². The molecule has 2 aromatic heterocycles. The second-order valence-corrected chi connectivity index (χ2v) is 8.06. The van der Waals surface area contributed by atoms with Gasteiger partial charge in [-0.15, -0.1) is 5.10 Å². The first-order valence-corrected chi connectivity index (χ1v) is 10.5. The molecule has 2 aliphatic rings. The van der Waals surface area contributed by atoms with Crippen LogP contribution in [0.3, 0.4) is 0 Å². The van der Waals surface area contributed by atoms with Crippen LogP contribution >= 0.6 is 0 Å². The van der Waals surface area contributed by atoms with Gasteiger partial charge in [-0.1, -0.05) is 49.6 Å². The van der Waals surface area contributed by atoms with Crippen molar-refractivity contribution < 1.29 is 4.90 Å². The first kappa shape index (κ1) is 17.5. The molecule has 0 spiro atoms. The van der Waals surface area contributed by atoms with E-state index in [-0.39, 0.29) is 6.04 Å². The minimum atomic E-state index is 0.0616. The van der Waals surface area contributed by atoms with Crippen molar-refractivity contribution in [3.8, 4) is 0 Å². The van der Waals surface area contributed by atoms with Crippen molar-refractivity contribution in [2.45, 2.75) is 57.2 Å². The van der Waals surface area contributed by atoms with E-state index in [1.54, 1.807) is 0 Å². The lowest BCUT2D eigenvalue weighted by Crippen LogP contribution is -3.12. The molecule has 6 nitrogen and oxygen atoms in total. The Morgan fingerprint density at radius 2 is 1.79 bits per heavy atom. The Labute approximate surface area is 165 Å². The van der Waals surface area contributed by atoms with Crippen LogP contribution in [0, 0.1) is 0 Å². The van der Waals surface area contributed by atoms with Crippen LogP contribution in [0.2, 0.25) is 0 Å². The predicted octanol–water partition coefficient (Wildman–Crippen LogP) is 2.30. The molecule has 1 fully saturated rings. The number of rotatable bonds is 4. The zero-order chi connectivity index (χ0) is 18.8. The van der Waals surface area contributed by atoms with Crippen molar-refractivity contribution in [3.63, 3.8) is 0 Å². The van der Waals surface area contributed by atoms with Gasteiger partial charge in [-0.25, -0.2) is 4.68 Å². The monoisotopic (exact) mass is 375 g/mol. The molecule has 1 N–H and O–H groups in total. The summed E-state index contributed by atoms with van der Waals surface area (Å²) in [5, 5.41) is 13.1. The Morgan fingerprint density at radius 1 is 0.964 bits per heavy atom. The Bertz CT molecular complexity index is 916. The third-order valence-electron chi connectivity index (χ3n) is 6.34. The molecule has 3 aromatic rings. The van der Waals surface area contributed by atoms with Gasteiger partial charge < -0.3 is 4.90 Å². The lowest BCUT2D eigenvalue weighted by atomic mass is 9.94. The van der Waals surface area contributed by atoms with E-state index in [2.05, 4.69) is 56.6 Å². The lowest BCUT2D eigenvalue weighted by Gasteiger charge is -2.32. The first-order chi connectivity index (χ1) is 13.9. The Hall–Kier alpha value is -2.60. The third-order valence-corrected chi connectivity index (χ3v) is 6.34. The summed E-state index contributed by atoms with van der Waals surface area (Å²) in [4.78, 5) is 6.20. The van der Waals surface area contributed by atoms with Crippen molar-refractivity contribution in [3.05, 3.63) is 71.3 Å². The zero-order valence-corrected chi connectivity index (χ0v) is 16.2. The average molecular weight is 376 g/mol. The molecule has 28 heavy (non-hydrogen) atoms. The smallest absolute Gasteiger partial charge is 0.216 e. The predicted molar refractivity (Wildman–Crippen MR) is 106 cm³/mol. The van der Waals surface area contributed by atoms with Gasteiger partial charge in [0.25, 0.3) is 0 Å². The summed E-state index contributed by atoms with van der Waals surface area (Å²) in [6, 6.07) is 15.5. The molecule has 0 saturated heterocycles.